The van der Waals surface area contributed by atoms with E-state index in [4.69, 9.17) is 16.3 Å². The van der Waals surface area contributed by atoms with Gasteiger partial charge in [0.2, 0.25) is 5.12 Å². The number of hydrogen-bond donors (Lipinski definition) is 0. The molecule has 1 aromatic rings. The highest BCUT2D eigenvalue weighted by molar-refractivity contribution is 8.26. The molecule has 5 heteroatoms. The van der Waals surface area contributed by atoms with E-state index in [1.54, 1.807) is 12.1 Å². The van der Waals surface area contributed by atoms with Crippen molar-refractivity contribution in [3.05, 3.63) is 40.5 Å². The van der Waals surface area contributed by atoms with E-state index in [2.05, 4.69) is 4.99 Å². The highest BCUT2D eigenvalue weighted by Crippen LogP contribution is 2.27. The molecule has 0 bridgehead atoms. The van der Waals surface area contributed by atoms with Crippen molar-refractivity contribution in [1.82, 2.24) is 0 Å². The first-order valence-corrected chi connectivity index (χ1v) is 6.30. The van der Waals surface area contributed by atoms with E-state index in [9.17, 15) is 4.79 Å². The number of hydrogen-bond acceptors (Lipinski definition) is 4. The zero-order chi connectivity index (χ0) is 12.3. The van der Waals surface area contributed by atoms with Crippen LogP contribution in [0.1, 0.15) is 12.5 Å². The second kappa shape index (κ2) is 5.38. The minimum Gasteiger partial charge on any atom is -0.473 e. The molecule has 0 aromatic heterocycles. The van der Waals surface area contributed by atoms with Crippen LogP contribution < -0.4 is 0 Å². The molecule has 0 radical (unpaired) electrons. The quantitative estimate of drug-likeness (QED) is 0.772. The van der Waals surface area contributed by atoms with Gasteiger partial charge >= 0.3 is 0 Å². The first-order chi connectivity index (χ1) is 8.20. The van der Waals surface area contributed by atoms with E-state index in [1.165, 1.54) is 0 Å². The van der Waals surface area contributed by atoms with Gasteiger partial charge in [-0.25, -0.2) is 4.99 Å². The van der Waals surface area contributed by atoms with Crippen molar-refractivity contribution >= 4 is 39.8 Å². The number of carbonyl (C=O) groups excluding carboxylic acids is 1. The summed E-state index contributed by atoms with van der Waals surface area (Å²) in [4.78, 5) is 15.7. The molecule has 88 valence electrons. The molecule has 1 aliphatic rings. The Balaban J connectivity index is 2.28. The maximum Gasteiger partial charge on any atom is 0.259 e. The molecule has 0 amide bonds. The van der Waals surface area contributed by atoms with Crippen molar-refractivity contribution < 1.29 is 9.53 Å². The fraction of sp³-hybridized carbons (Fsp3) is 0.167. The molecule has 17 heavy (non-hydrogen) atoms. The van der Waals surface area contributed by atoms with Crippen LogP contribution in [-0.4, -0.2) is 17.0 Å². The van der Waals surface area contributed by atoms with Crippen molar-refractivity contribution in [3.8, 4) is 0 Å². The summed E-state index contributed by atoms with van der Waals surface area (Å²) in [5.41, 5.74) is 1.14. The Morgan fingerprint density at radius 1 is 1.47 bits per heavy atom. The van der Waals surface area contributed by atoms with Gasteiger partial charge in [0.05, 0.1) is 6.61 Å². The molecule has 0 N–H and O–H groups in total. The molecule has 1 aliphatic heterocycles. The number of thioether (sulfide) groups is 1. The largest absolute Gasteiger partial charge is 0.473 e. The molecule has 2 rings (SSSR count). The Labute approximate surface area is 109 Å². The molecular weight excluding hydrogens is 258 g/mol. The lowest BCUT2D eigenvalue weighted by Crippen LogP contribution is -1.95. The van der Waals surface area contributed by atoms with Gasteiger partial charge in [0.15, 0.2) is 0 Å². The summed E-state index contributed by atoms with van der Waals surface area (Å²) in [6.45, 7) is 2.35. The lowest BCUT2D eigenvalue weighted by molar-refractivity contribution is -0.107. The lowest BCUT2D eigenvalue weighted by atomic mass is 10.2. The lowest BCUT2D eigenvalue weighted by Gasteiger charge is -1.96. The Hall–Kier alpha value is -1.26. The maximum atomic E-state index is 11.6. The Kier molecular flexibility index (Phi) is 3.86. The summed E-state index contributed by atoms with van der Waals surface area (Å²) in [6.07, 6.45) is 1.67. The van der Waals surface area contributed by atoms with Gasteiger partial charge in [-0.15, -0.1) is 0 Å². The van der Waals surface area contributed by atoms with Gasteiger partial charge in [-0.05, 0) is 24.6 Å². The molecule has 0 unspecified atom stereocenters. The number of carbonyl (C=O) groups is 1. The number of benzene rings is 1. The first kappa shape index (κ1) is 12.2. The summed E-state index contributed by atoms with van der Waals surface area (Å²) < 4.78 is 5.19. The minimum atomic E-state index is -0.117. The molecule has 1 heterocycles. The zero-order valence-corrected chi connectivity index (χ0v) is 10.7. The van der Waals surface area contributed by atoms with Gasteiger partial charge in [0, 0.05) is 16.8 Å². The maximum absolute atomic E-state index is 11.6. The van der Waals surface area contributed by atoms with Crippen LogP contribution in [0.2, 0.25) is 5.02 Å². The molecule has 1 aromatic carbocycles. The molecule has 3 nitrogen and oxygen atoms in total. The van der Waals surface area contributed by atoms with Crippen LogP contribution in [0, 0.1) is 0 Å². The topological polar surface area (TPSA) is 38.7 Å². The predicted octanol–water partition coefficient (Wildman–Crippen LogP) is 3.35. The third-order valence-electron chi connectivity index (χ3n) is 2.07. The van der Waals surface area contributed by atoms with E-state index in [0.717, 1.165) is 17.3 Å². The number of nitrogens with zero attached hydrogens (tertiary/aromatic N) is 1. The Morgan fingerprint density at radius 2 is 2.24 bits per heavy atom. The number of ether oxygens (including phenoxy) is 1. The van der Waals surface area contributed by atoms with Gasteiger partial charge in [-0.1, -0.05) is 29.8 Å². The summed E-state index contributed by atoms with van der Waals surface area (Å²) >= 11 is 7.01. The molecule has 0 atom stereocenters. The Bertz CT molecular complexity index is 511. The molecule has 0 saturated heterocycles. The molecular formula is C12H10ClNO2S. The highest BCUT2D eigenvalue weighted by Gasteiger charge is 2.23. The summed E-state index contributed by atoms with van der Waals surface area (Å²) in [7, 11) is 0. The average molecular weight is 268 g/mol. The van der Waals surface area contributed by atoms with Gasteiger partial charge in [0.25, 0.3) is 5.23 Å². The average Bonchev–Trinajstić information content (AvgIpc) is 2.63. The molecule has 0 fully saturated rings. The zero-order valence-electron chi connectivity index (χ0n) is 9.14. The Morgan fingerprint density at radius 3 is 2.94 bits per heavy atom. The van der Waals surface area contributed by atoms with Crippen molar-refractivity contribution in [3.63, 3.8) is 0 Å². The first-order valence-electron chi connectivity index (χ1n) is 5.10. The van der Waals surface area contributed by atoms with Gasteiger partial charge < -0.3 is 4.74 Å². The van der Waals surface area contributed by atoms with Crippen LogP contribution in [0.4, 0.5) is 0 Å². The summed E-state index contributed by atoms with van der Waals surface area (Å²) in [5.74, 6) is 0. The smallest absolute Gasteiger partial charge is 0.259 e. The van der Waals surface area contributed by atoms with Crippen LogP contribution in [0.25, 0.3) is 6.08 Å². The predicted molar refractivity (Wildman–Crippen MR) is 71.1 cm³/mol. The second-order valence-electron chi connectivity index (χ2n) is 3.25. The van der Waals surface area contributed by atoms with Crippen LogP contribution in [0.15, 0.2) is 35.0 Å². The summed E-state index contributed by atoms with van der Waals surface area (Å²) in [5, 5.41) is 0.877. The molecule has 0 aliphatic carbocycles. The minimum absolute atomic E-state index is 0.117. The van der Waals surface area contributed by atoms with Crippen LogP contribution in [0.3, 0.4) is 0 Å². The van der Waals surface area contributed by atoms with Crippen molar-refractivity contribution in [2.75, 3.05) is 6.61 Å². The van der Waals surface area contributed by atoms with E-state index < -0.39 is 0 Å². The second-order valence-corrected chi connectivity index (χ2v) is 4.58. The van der Waals surface area contributed by atoms with Crippen molar-refractivity contribution in [2.45, 2.75) is 6.92 Å². The van der Waals surface area contributed by atoms with E-state index in [0.29, 0.717) is 22.6 Å². The van der Waals surface area contributed by atoms with Gasteiger partial charge in [-0.2, -0.15) is 0 Å². The molecule has 0 saturated carbocycles. The van der Waals surface area contributed by atoms with Gasteiger partial charge in [0.1, 0.15) is 5.70 Å². The number of halogens is 1. The summed E-state index contributed by atoms with van der Waals surface area (Å²) in [6, 6.07) is 7.30. The third kappa shape index (κ3) is 2.90. The van der Waals surface area contributed by atoms with Crippen molar-refractivity contribution in [1.29, 1.82) is 0 Å². The number of aliphatic imine (C=N–C) groups is 1. The van der Waals surface area contributed by atoms with Crippen LogP contribution in [0.5, 0.6) is 0 Å². The van der Waals surface area contributed by atoms with E-state index in [-0.39, 0.29) is 5.12 Å². The molecule has 0 spiro atoms. The standard InChI is InChI=1S/C12H10ClNO2S/c1-2-16-12-14-10(11(15)17-12)7-8-5-3-4-6-9(8)13/h3-7H,2H2,1H3/b10-7-. The van der Waals surface area contributed by atoms with E-state index in [1.807, 2.05) is 25.1 Å². The van der Waals surface area contributed by atoms with Crippen LogP contribution in [-0.2, 0) is 9.53 Å². The monoisotopic (exact) mass is 267 g/mol. The third-order valence-corrected chi connectivity index (χ3v) is 3.19. The normalized spacial score (nSPS) is 17.4. The number of rotatable bonds is 2. The van der Waals surface area contributed by atoms with E-state index >= 15 is 0 Å². The SMILES string of the molecule is CCOC1=N/C(=C\c2ccccc2Cl)C(=O)S1. The highest BCUT2D eigenvalue weighted by atomic mass is 35.5. The van der Waals surface area contributed by atoms with Crippen LogP contribution >= 0.6 is 23.4 Å². The van der Waals surface area contributed by atoms with Gasteiger partial charge in [-0.3, -0.25) is 4.79 Å². The van der Waals surface area contributed by atoms with Crippen molar-refractivity contribution in [2.24, 2.45) is 4.99 Å². The fourth-order valence-corrected chi connectivity index (χ4v) is 2.19. The fourth-order valence-electron chi connectivity index (χ4n) is 1.31.